The van der Waals surface area contributed by atoms with Gasteiger partial charge in [-0.1, -0.05) is 30.3 Å². The molecule has 150 valence electrons. The number of aromatic nitrogens is 2. The molecule has 1 N–H and O–H groups in total. The second-order valence-corrected chi connectivity index (χ2v) is 7.36. The molecule has 2 atom stereocenters. The fourth-order valence-corrected chi connectivity index (χ4v) is 3.75. The summed E-state index contributed by atoms with van der Waals surface area (Å²) in [6, 6.07) is 8.19. The molecule has 0 bridgehead atoms. The second kappa shape index (κ2) is 7.12. The zero-order valence-corrected chi connectivity index (χ0v) is 15.5. The Labute approximate surface area is 160 Å². The lowest BCUT2D eigenvalue weighted by Gasteiger charge is -2.33. The minimum atomic E-state index is -4.45. The maximum Gasteiger partial charge on any atom is 0.410 e. The Morgan fingerprint density at radius 1 is 1.14 bits per heavy atom. The van der Waals surface area contributed by atoms with E-state index in [0.717, 1.165) is 23.3 Å². The normalized spacial score (nSPS) is 23.2. The Morgan fingerprint density at radius 2 is 1.82 bits per heavy atom. The number of fused-ring (bicyclic) bond motifs is 1. The number of benzene rings is 1. The molecule has 6 nitrogen and oxygen atoms in total. The van der Waals surface area contributed by atoms with Crippen LogP contribution in [0.3, 0.4) is 0 Å². The molecule has 0 spiro atoms. The molecule has 2 aliphatic rings. The van der Waals surface area contributed by atoms with Crippen molar-refractivity contribution in [2.45, 2.75) is 24.7 Å². The van der Waals surface area contributed by atoms with Crippen molar-refractivity contribution in [3.05, 3.63) is 47.7 Å². The molecule has 1 saturated heterocycles. The van der Waals surface area contributed by atoms with Crippen LogP contribution in [0, 0.1) is 0 Å². The molecule has 0 unspecified atom stereocenters. The van der Waals surface area contributed by atoms with Crippen LogP contribution in [0.2, 0.25) is 0 Å². The number of anilines is 1. The van der Waals surface area contributed by atoms with E-state index in [-0.39, 0.29) is 23.8 Å². The first-order valence-electron chi connectivity index (χ1n) is 9.28. The van der Waals surface area contributed by atoms with Crippen molar-refractivity contribution in [2.75, 3.05) is 38.5 Å². The lowest BCUT2D eigenvalue weighted by Crippen LogP contribution is -2.47. The van der Waals surface area contributed by atoms with Gasteiger partial charge in [0.05, 0.1) is 6.04 Å². The Hall–Kier alpha value is -2.55. The molecular weight excluding hydrogens is 371 g/mol. The SMILES string of the molecule is CN1CCN(C(=O)c2cc3n(n2)[C@@H](C(F)(F)F)C[C@H](c2ccccc2)N3)CC1. The molecular formula is C19H22F3N5O. The molecule has 2 aromatic rings. The summed E-state index contributed by atoms with van der Waals surface area (Å²) in [5.41, 5.74) is 0.825. The quantitative estimate of drug-likeness (QED) is 0.853. The Balaban J connectivity index is 1.63. The molecule has 1 amide bonds. The number of carbonyl (C=O) groups is 1. The highest BCUT2D eigenvalue weighted by atomic mass is 19.4. The number of nitrogens with zero attached hydrogens (tertiary/aromatic N) is 4. The fraction of sp³-hybridized carbons (Fsp3) is 0.474. The van der Waals surface area contributed by atoms with Crippen LogP contribution in [0.1, 0.15) is 34.6 Å². The molecule has 2 aliphatic heterocycles. The van der Waals surface area contributed by atoms with Crippen molar-refractivity contribution in [1.29, 1.82) is 0 Å². The zero-order chi connectivity index (χ0) is 19.9. The number of carbonyl (C=O) groups excluding carboxylic acids is 1. The summed E-state index contributed by atoms with van der Waals surface area (Å²) in [5.74, 6) is -0.103. The van der Waals surface area contributed by atoms with Crippen molar-refractivity contribution in [3.63, 3.8) is 0 Å². The number of rotatable bonds is 2. The van der Waals surface area contributed by atoms with E-state index in [0.29, 0.717) is 13.1 Å². The molecule has 1 aromatic heterocycles. The molecule has 0 saturated carbocycles. The van der Waals surface area contributed by atoms with E-state index in [9.17, 15) is 18.0 Å². The average Bonchev–Trinajstić information content (AvgIpc) is 3.11. The highest BCUT2D eigenvalue weighted by Crippen LogP contribution is 2.43. The molecule has 4 rings (SSSR count). The number of hydrogen-bond donors (Lipinski definition) is 1. The predicted molar refractivity (Wildman–Crippen MR) is 98.1 cm³/mol. The van der Waals surface area contributed by atoms with E-state index in [2.05, 4.69) is 15.3 Å². The van der Waals surface area contributed by atoms with E-state index < -0.39 is 18.3 Å². The minimum Gasteiger partial charge on any atom is -0.363 e. The monoisotopic (exact) mass is 393 g/mol. The summed E-state index contributed by atoms with van der Waals surface area (Å²) in [6.45, 7) is 2.55. The number of halogens is 3. The number of piperazine rings is 1. The molecule has 0 aliphatic carbocycles. The topological polar surface area (TPSA) is 53.4 Å². The van der Waals surface area contributed by atoms with Crippen LogP contribution in [0.15, 0.2) is 36.4 Å². The van der Waals surface area contributed by atoms with Gasteiger partial charge >= 0.3 is 6.18 Å². The third-order valence-corrected chi connectivity index (χ3v) is 5.40. The van der Waals surface area contributed by atoms with E-state index in [1.807, 2.05) is 13.1 Å². The van der Waals surface area contributed by atoms with Gasteiger partial charge in [0.15, 0.2) is 11.7 Å². The van der Waals surface area contributed by atoms with Crippen LogP contribution in [0.4, 0.5) is 19.0 Å². The van der Waals surface area contributed by atoms with E-state index in [1.54, 1.807) is 29.2 Å². The zero-order valence-electron chi connectivity index (χ0n) is 15.5. The molecule has 0 radical (unpaired) electrons. The van der Waals surface area contributed by atoms with Crippen LogP contribution in [-0.4, -0.2) is 64.9 Å². The van der Waals surface area contributed by atoms with Crippen molar-refractivity contribution < 1.29 is 18.0 Å². The summed E-state index contributed by atoms with van der Waals surface area (Å²) >= 11 is 0. The predicted octanol–water partition coefficient (Wildman–Crippen LogP) is 2.93. The Morgan fingerprint density at radius 3 is 2.46 bits per heavy atom. The van der Waals surface area contributed by atoms with Crippen LogP contribution >= 0.6 is 0 Å². The van der Waals surface area contributed by atoms with Gasteiger partial charge in [-0.25, -0.2) is 4.68 Å². The first-order chi connectivity index (χ1) is 13.3. The number of hydrogen-bond acceptors (Lipinski definition) is 4. The smallest absolute Gasteiger partial charge is 0.363 e. The van der Waals surface area contributed by atoms with E-state index in [1.165, 1.54) is 6.07 Å². The van der Waals surface area contributed by atoms with Crippen LogP contribution in [0.5, 0.6) is 0 Å². The maximum atomic E-state index is 13.7. The highest BCUT2D eigenvalue weighted by Gasteiger charge is 2.47. The number of alkyl halides is 3. The number of likely N-dealkylation sites (N-methyl/N-ethyl adjacent to an activating group) is 1. The van der Waals surface area contributed by atoms with Gasteiger partial charge in [-0.3, -0.25) is 4.79 Å². The minimum absolute atomic E-state index is 0.0509. The first kappa shape index (κ1) is 18.8. The number of amides is 1. The number of nitrogens with one attached hydrogen (secondary N) is 1. The Bertz CT molecular complexity index is 843. The van der Waals surface area contributed by atoms with Gasteiger partial charge in [-0.15, -0.1) is 0 Å². The summed E-state index contributed by atoms with van der Waals surface area (Å²) in [4.78, 5) is 16.5. The van der Waals surface area contributed by atoms with Crippen LogP contribution in [-0.2, 0) is 0 Å². The largest absolute Gasteiger partial charge is 0.410 e. The van der Waals surface area contributed by atoms with Gasteiger partial charge in [0.2, 0.25) is 0 Å². The van der Waals surface area contributed by atoms with Crippen molar-refractivity contribution in [1.82, 2.24) is 19.6 Å². The van der Waals surface area contributed by atoms with Crippen molar-refractivity contribution >= 4 is 11.7 Å². The molecule has 1 aromatic carbocycles. The first-order valence-corrected chi connectivity index (χ1v) is 9.28. The summed E-state index contributed by atoms with van der Waals surface area (Å²) in [5, 5.41) is 7.17. The molecule has 3 heterocycles. The van der Waals surface area contributed by atoms with Crippen molar-refractivity contribution in [3.8, 4) is 0 Å². The van der Waals surface area contributed by atoms with Gasteiger partial charge in [-0.05, 0) is 12.6 Å². The van der Waals surface area contributed by atoms with E-state index in [4.69, 9.17) is 0 Å². The van der Waals surface area contributed by atoms with E-state index >= 15 is 0 Å². The fourth-order valence-electron chi connectivity index (χ4n) is 3.75. The third kappa shape index (κ3) is 3.58. The van der Waals surface area contributed by atoms with Gasteiger partial charge in [0, 0.05) is 38.7 Å². The summed E-state index contributed by atoms with van der Waals surface area (Å²) in [7, 11) is 1.97. The molecule has 9 heteroatoms. The van der Waals surface area contributed by atoms with Crippen LogP contribution in [0.25, 0.3) is 0 Å². The maximum absolute atomic E-state index is 13.7. The average molecular weight is 393 g/mol. The molecule has 28 heavy (non-hydrogen) atoms. The lowest BCUT2D eigenvalue weighted by molar-refractivity contribution is -0.173. The standard InChI is InChI=1S/C19H22F3N5O/c1-25-7-9-26(10-8-25)18(28)15-12-17-23-14(13-5-3-2-4-6-13)11-16(19(20,21)22)27(17)24-15/h2-6,12,14,16,23H,7-11H2,1H3/t14-,16-/m1/s1. The Kier molecular flexibility index (Phi) is 4.78. The van der Waals surface area contributed by atoms with Crippen LogP contribution < -0.4 is 5.32 Å². The molecule has 1 fully saturated rings. The third-order valence-electron chi connectivity index (χ3n) is 5.40. The van der Waals surface area contributed by atoms with Gasteiger partial charge < -0.3 is 15.1 Å². The van der Waals surface area contributed by atoms with Gasteiger partial charge in [0.1, 0.15) is 5.82 Å². The van der Waals surface area contributed by atoms with Gasteiger partial charge in [-0.2, -0.15) is 18.3 Å². The summed E-state index contributed by atoms with van der Waals surface area (Å²) in [6.07, 6.45) is -4.63. The lowest BCUT2D eigenvalue weighted by atomic mass is 9.97. The van der Waals surface area contributed by atoms with Gasteiger partial charge in [0.25, 0.3) is 5.91 Å². The highest BCUT2D eigenvalue weighted by molar-refractivity contribution is 5.93. The second-order valence-electron chi connectivity index (χ2n) is 7.36. The van der Waals surface area contributed by atoms with Crippen molar-refractivity contribution in [2.24, 2.45) is 0 Å². The summed E-state index contributed by atoms with van der Waals surface area (Å²) < 4.78 is 42.1.